The fourth-order valence-corrected chi connectivity index (χ4v) is 3.95. The average Bonchev–Trinajstić information content (AvgIpc) is 3.31. The van der Waals surface area contributed by atoms with Crippen molar-refractivity contribution >= 4 is 0 Å². The average molecular weight is 367 g/mol. The number of H-pyrrole nitrogens is 1. The van der Waals surface area contributed by atoms with Gasteiger partial charge in [-0.1, -0.05) is 11.2 Å². The first-order valence-electron chi connectivity index (χ1n) is 9.39. The molecule has 1 saturated heterocycles. The summed E-state index contributed by atoms with van der Waals surface area (Å²) in [4.78, 5) is 14.7. The van der Waals surface area contributed by atoms with Crippen molar-refractivity contribution in [3.8, 4) is 11.3 Å². The number of rotatable bonds is 5. The van der Waals surface area contributed by atoms with Crippen LogP contribution in [0.5, 0.6) is 0 Å². The molecule has 0 aliphatic carbocycles. The highest BCUT2D eigenvalue weighted by Gasteiger charge is 2.25. The van der Waals surface area contributed by atoms with Crippen molar-refractivity contribution in [2.75, 3.05) is 13.1 Å². The van der Waals surface area contributed by atoms with E-state index in [0.29, 0.717) is 5.92 Å². The van der Waals surface area contributed by atoms with Gasteiger partial charge in [-0.05, 0) is 39.3 Å². The van der Waals surface area contributed by atoms with Gasteiger partial charge in [0.2, 0.25) is 0 Å². The van der Waals surface area contributed by atoms with Gasteiger partial charge in [0.25, 0.3) is 0 Å². The molecule has 0 spiro atoms. The SMILES string of the molecule is Cc1noc(C)c1-c1nc(C2CCCN(Cc3cnc[nH]3)C2)ccc1CO. The molecule has 3 aromatic rings. The third-order valence-electron chi connectivity index (χ3n) is 5.31. The molecule has 0 aromatic carbocycles. The van der Waals surface area contributed by atoms with E-state index in [1.165, 1.54) is 0 Å². The van der Waals surface area contributed by atoms with Crippen molar-refractivity contribution in [2.45, 2.75) is 45.8 Å². The number of aromatic amines is 1. The Bertz CT molecular complexity index is 884. The molecular weight excluding hydrogens is 342 g/mol. The molecule has 4 rings (SSSR count). The van der Waals surface area contributed by atoms with E-state index >= 15 is 0 Å². The van der Waals surface area contributed by atoms with E-state index in [4.69, 9.17) is 9.51 Å². The van der Waals surface area contributed by atoms with E-state index in [1.807, 2.05) is 26.1 Å². The van der Waals surface area contributed by atoms with Gasteiger partial charge in [-0.3, -0.25) is 9.88 Å². The van der Waals surface area contributed by atoms with Crippen LogP contribution in [0, 0.1) is 13.8 Å². The number of nitrogens with one attached hydrogen (secondary N) is 1. The number of aromatic nitrogens is 4. The van der Waals surface area contributed by atoms with Crippen molar-refractivity contribution < 1.29 is 9.63 Å². The first-order chi connectivity index (χ1) is 13.2. The zero-order valence-electron chi connectivity index (χ0n) is 15.8. The summed E-state index contributed by atoms with van der Waals surface area (Å²) < 4.78 is 5.32. The van der Waals surface area contributed by atoms with Crippen LogP contribution in [-0.4, -0.2) is 43.2 Å². The lowest BCUT2D eigenvalue weighted by molar-refractivity contribution is 0.196. The molecule has 7 heteroatoms. The molecule has 27 heavy (non-hydrogen) atoms. The standard InChI is InChI=1S/C20H25N5O2/c1-13-19(14(2)27-24-13)20-16(11-26)5-6-18(23-20)15-4-3-7-25(9-15)10-17-8-21-12-22-17/h5-6,8,12,15,26H,3-4,7,9-11H2,1-2H3,(H,21,22). The van der Waals surface area contributed by atoms with Crippen LogP contribution in [0.15, 0.2) is 29.2 Å². The molecule has 0 amide bonds. The third-order valence-corrected chi connectivity index (χ3v) is 5.31. The summed E-state index contributed by atoms with van der Waals surface area (Å²) in [6, 6.07) is 4.04. The highest BCUT2D eigenvalue weighted by atomic mass is 16.5. The second-order valence-corrected chi connectivity index (χ2v) is 7.25. The van der Waals surface area contributed by atoms with Gasteiger partial charge in [-0.25, -0.2) is 4.98 Å². The topological polar surface area (TPSA) is 91.1 Å². The predicted octanol–water partition coefficient (Wildman–Crippen LogP) is 2.95. The monoisotopic (exact) mass is 367 g/mol. The maximum atomic E-state index is 9.78. The molecule has 142 valence electrons. The molecule has 0 radical (unpaired) electrons. The summed E-state index contributed by atoms with van der Waals surface area (Å²) in [6.45, 7) is 6.67. The number of piperidine rings is 1. The maximum absolute atomic E-state index is 9.78. The van der Waals surface area contributed by atoms with Crippen molar-refractivity contribution in [2.24, 2.45) is 0 Å². The molecule has 4 heterocycles. The third kappa shape index (κ3) is 3.65. The van der Waals surface area contributed by atoms with E-state index < -0.39 is 0 Å². The van der Waals surface area contributed by atoms with Gasteiger partial charge in [0.1, 0.15) is 5.76 Å². The normalized spacial score (nSPS) is 18.1. The van der Waals surface area contributed by atoms with Crippen LogP contribution in [0.3, 0.4) is 0 Å². The summed E-state index contributed by atoms with van der Waals surface area (Å²) in [7, 11) is 0. The number of hydrogen-bond acceptors (Lipinski definition) is 6. The quantitative estimate of drug-likeness (QED) is 0.720. The fraction of sp³-hybridized carbons (Fsp3) is 0.450. The van der Waals surface area contributed by atoms with Crippen LogP contribution in [0.4, 0.5) is 0 Å². The van der Waals surface area contributed by atoms with Crippen molar-refractivity contribution in [3.63, 3.8) is 0 Å². The lowest BCUT2D eigenvalue weighted by atomic mass is 9.93. The van der Waals surface area contributed by atoms with Crippen LogP contribution in [0.2, 0.25) is 0 Å². The summed E-state index contributed by atoms with van der Waals surface area (Å²) in [5.74, 6) is 1.10. The van der Waals surface area contributed by atoms with E-state index in [-0.39, 0.29) is 6.61 Å². The summed E-state index contributed by atoms with van der Waals surface area (Å²) in [5.41, 5.74) is 5.49. The molecule has 3 aromatic heterocycles. The Hall–Kier alpha value is -2.51. The Morgan fingerprint density at radius 2 is 2.22 bits per heavy atom. The molecule has 1 fully saturated rings. The first-order valence-corrected chi connectivity index (χ1v) is 9.39. The lowest BCUT2D eigenvalue weighted by Gasteiger charge is -2.32. The lowest BCUT2D eigenvalue weighted by Crippen LogP contribution is -2.34. The minimum absolute atomic E-state index is 0.0523. The highest BCUT2D eigenvalue weighted by Crippen LogP contribution is 2.32. The molecule has 2 N–H and O–H groups in total. The van der Waals surface area contributed by atoms with Gasteiger partial charge in [-0.2, -0.15) is 0 Å². The second-order valence-electron chi connectivity index (χ2n) is 7.25. The van der Waals surface area contributed by atoms with Gasteiger partial charge < -0.3 is 14.6 Å². The Morgan fingerprint density at radius 3 is 2.93 bits per heavy atom. The van der Waals surface area contributed by atoms with Crippen LogP contribution in [-0.2, 0) is 13.2 Å². The number of imidazole rings is 1. The highest BCUT2D eigenvalue weighted by molar-refractivity contribution is 5.67. The molecule has 7 nitrogen and oxygen atoms in total. The molecule has 0 bridgehead atoms. The van der Waals surface area contributed by atoms with E-state index in [0.717, 1.165) is 72.1 Å². The molecule has 0 saturated carbocycles. The Kier molecular flexibility index (Phi) is 5.05. The zero-order chi connectivity index (χ0) is 18.8. The molecule has 1 aliphatic heterocycles. The number of aliphatic hydroxyl groups excluding tert-OH is 1. The predicted molar refractivity (Wildman–Crippen MR) is 101 cm³/mol. The largest absolute Gasteiger partial charge is 0.392 e. The smallest absolute Gasteiger partial charge is 0.143 e. The van der Waals surface area contributed by atoms with Gasteiger partial charge in [0, 0.05) is 42.2 Å². The molecule has 1 unspecified atom stereocenters. The van der Waals surface area contributed by atoms with Gasteiger partial charge in [-0.15, -0.1) is 0 Å². The minimum atomic E-state index is -0.0523. The zero-order valence-corrected chi connectivity index (χ0v) is 15.8. The maximum Gasteiger partial charge on any atom is 0.143 e. The fourth-order valence-electron chi connectivity index (χ4n) is 3.95. The molecule has 1 atom stereocenters. The van der Waals surface area contributed by atoms with Crippen molar-refractivity contribution in [1.29, 1.82) is 0 Å². The Balaban J connectivity index is 1.61. The van der Waals surface area contributed by atoms with Gasteiger partial charge in [0.05, 0.1) is 29.9 Å². The number of nitrogens with zero attached hydrogens (tertiary/aromatic N) is 4. The van der Waals surface area contributed by atoms with E-state index in [1.54, 1.807) is 6.33 Å². The molecule has 1 aliphatic rings. The number of likely N-dealkylation sites (tertiary alicyclic amines) is 1. The van der Waals surface area contributed by atoms with Crippen LogP contribution < -0.4 is 0 Å². The van der Waals surface area contributed by atoms with Gasteiger partial charge in [0.15, 0.2) is 0 Å². The second kappa shape index (κ2) is 7.62. The molecular formula is C20H25N5O2. The van der Waals surface area contributed by atoms with Gasteiger partial charge >= 0.3 is 0 Å². The Labute approximate surface area is 158 Å². The van der Waals surface area contributed by atoms with E-state index in [9.17, 15) is 5.11 Å². The number of pyridine rings is 1. The van der Waals surface area contributed by atoms with Crippen LogP contribution >= 0.6 is 0 Å². The number of aryl methyl sites for hydroxylation is 2. The number of aliphatic hydroxyl groups is 1. The number of hydrogen-bond donors (Lipinski definition) is 2. The summed E-state index contributed by atoms with van der Waals surface area (Å²) >= 11 is 0. The minimum Gasteiger partial charge on any atom is -0.392 e. The summed E-state index contributed by atoms with van der Waals surface area (Å²) in [5, 5.41) is 13.8. The first kappa shape index (κ1) is 17.9. The van der Waals surface area contributed by atoms with Crippen molar-refractivity contribution in [3.05, 3.63) is 53.1 Å². The van der Waals surface area contributed by atoms with Crippen molar-refractivity contribution in [1.82, 2.24) is 25.0 Å². The Morgan fingerprint density at radius 1 is 1.33 bits per heavy atom. The van der Waals surface area contributed by atoms with E-state index in [2.05, 4.69) is 26.1 Å². The van der Waals surface area contributed by atoms with Crippen LogP contribution in [0.25, 0.3) is 11.3 Å². The van der Waals surface area contributed by atoms with Crippen LogP contribution in [0.1, 0.15) is 47.2 Å². The summed E-state index contributed by atoms with van der Waals surface area (Å²) in [6.07, 6.45) is 5.87.